The molecule has 0 amide bonds. The van der Waals surface area contributed by atoms with Gasteiger partial charge in [-0.1, -0.05) is 0 Å². The second-order valence-corrected chi connectivity index (χ2v) is 5.35. The molecule has 124 valence electrons. The summed E-state index contributed by atoms with van der Waals surface area (Å²) in [7, 11) is 0. The summed E-state index contributed by atoms with van der Waals surface area (Å²) in [6.07, 6.45) is 4.76. The summed E-state index contributed by atoms with van der Waals surface area (Å²) < 4.78 is 10.7. The number of hydrogen-bond acceptors (Lipinski definition) is 5. The molecule has 0 radical (unpaired) electrons. The van der Waals surface area contributed by atoms with Crippen LogP contribution in [0, 0.1) is 0 Å². The second-order valence-electron chi connectivity index (χ2n) is 5.35. The van der Waals surface area contributed by atoms with Crippen molar-refractivity contribution < 1.29 is 19.1 Å². The highest BCUT2D eigenvalue weighted by atomic mass is 16.5. The number of pyridine rings is 1. The maximum Gasteiger partial charge on any atom is 0.339 e. The molecule has 2 N–H and O–H groups in total. The molecule has 0 aliphatic heterocycles. The molecule has 3 aromatic heterocycles. The van der Waals surface area contributed by atoms with Gasteiger partial charge < -0.3 is 19.2 Å². The molecule has 0 fully saturated rings. The monoisotopic (exact) mass is 335 g/mol. The summed E-state index contributed by atoms with van der Waals surface area (Å²) in [5, 5.41) is 9.04. The summed E-state index contributed by atoms with van der Waals surface area (Å²) in [6.45, 7) is 0.0459. The Labute approximate surface area is 141 Å². The van der Waals surface area contributed by atoms with E-state index < -0.39 is 5.97 Å². The maximum absolute atomic E-state index is 11.0. The largest absolute Gasteiger partial charge is 0.486 e. The Morgan fingerprint density at radius 1 is 1.20 bits per heavy atom. The number of aromatic nitrogens is 3. The number of nitrogens with one attached hydrogen (secondary N) is 1. The van der Waals surface area contributed by atoms with Gasteiger partial charge in [-0.3, -0.25) is 4.98 Å². The Bertz CT molecular complexity index is 1000. The molecule has 0 unspecified atom stereocenters. The summed E-state index contributed by atoms with van der Waals surface area (Å²) in [5.41, 5.74) is 2.74. The van der Waals surface area contributed by atoms with Gasteiger partial charge >= 0.3 is 5.97 Å². The van der Waals surface area contributed by atoms with Crippen LogP contribution in [0.2, 0.25) is 0 Å². The molecule has 7 nitrogen and oxygen atoms in total. The zero-order valence-corrected chi connectivity index (χ0v) is 13.0. The number of hydrogen-bond donors (Lipinski definition) is 2. The van der Waals surface area contributed by atoms with E-state index in [-0.39, 0.29) is 17.9 Å². The zero-order valence-electron chi connectivity index (χ0n) is 13.0. The summed E-state index contributed by atoms with van der Waals surface area (Å²) >= 11 is 0. The molecule has 4 aromatic rings. The number of ether oxygens (including phenoxy) is 1. The first kappa shape index (κ1) is 14.9. The summed E-state index contributed by atoms with van der Waals surface area (Å²) in [5.74, 6) is 0.589. The van der Waals surface area contributed by atoms with Crippen LogP contribution in [0.1, 0.15) is 16.1 Å². The minimum absolute atomic E-state index is 0.0459. The third-order valence-electron chi connectivity index (χ3n) is 3.76. The third-order valence-corrected chi connectivity index (χ3v) is 3.76. The van der Waals surface area contributed by atoms with Crippen molar-refractivity contribution in [1.29, 1.82) is 0 Å². The van der Waals surface area contributed by atoms with Crippen molar-refractivity contribution in [2.24, 2.45) is 0 Å². The summed E-state index contributed by atoms with van der Waals surface area (Å²) in [6, 6.07) is 10.6. The number of carbonyl (C=O) groups is 1. The number of H-pyrrole nitrogens is 1. The van der Waals surface area contributed by atoms with Crippen LogP contribution in [0.5, 0.6) is 5.75 Å². The van der Waals surface area contributed by atoms with Crippen molar-refractivity contribution in [2.45, 2.75) is 6.61 Å². The number of furan rings is 1. The molecule has 0 saturated heterocycles. The van der Waals surface area contributed by atoms with Gasteiger partial charge in [0.15, 0.2) is 5.76 Å². The second kappa shape index (κ2) is 6.12. The number of rotatable bonds is 5. The Morgan fingerprint density at radius 3 is 2.80 bits per heavy atom. The van der Waals surface area contributed by atoms with Gasteiger partial charge in [-0.05, 0) is 36.4 Å². The SMILES string of the molecule is O=C(O)c1ccoc1COc1ccc(-c2nc3ccncc3[nH]2)cc1. The number of fused-ring (bicyclic) bond motifs is 1. The lowest BCUT2D eigenvalue weighted by atomic mass is 10.2. The summed E-state index contributed by atoms with van der Waals surface area (Å²) in [4.78, 5) is 22.8. The number of benzene rings is 1. The fourth-order valence-electron chi connectivity index (χ4n) is 2.49. The number of carboxylic acids is 1. The predicted octanol–water partition coefficient (Wildman–Crippen LogP) is 3.50. The van der Waals surface area contributed by atoms with Gasteiger partial charge in [0.25, 0.3) is 0 Å². The number of aromatic amines is 1. The van der Waals surface area contributed by atoms with Crippen LogP contribution < -0.4 is 4.74 Å². The van der Waals surface area contributed by atoms with Gasteiger partial charge in [0.1, 0.15) is 23.7 Å². The standard InChI is InChI=1S/C18H13N3O4/c22-18(23)13-6-8-24-16(13)10-25-12-3-1-11(2-4-12)17-20-14-5-7-19-9-15(14)21-17/h1-9H,10H2,(H,20,21)(H,22,23). The molecule has 7 heteroatoms. The molecule has 3 heterocycles. The molecule has 0 atom stereocenters. The van der Waals surface area contributed by atoms with E-state index in [1.807, 2.05) is 18.2 Å². The first-order chi connectivity index (χ1) is 12.2. The van der Waals surface area contributed by atoms with Crippen LogP contribution in [0.4, 0.5) is 0 Å². The van der Waals surface area contributed by atoms with Crippen molar-refractivity contribution in [1.82, 2.24) is 15.0 Å². The highest BCUT2D eigenvalue weighted by Crippen LogP contribution is 2.23. The molecule has 0 aliphatic rings. The van der Waals surface area contributed by atoms with Gasteiger partial charge in [-0.2, -0.15) is 0 Å². The fourth-order valence-corrected chi connectivity index (χ4v) is 2.49. The van der Waals surface area contributed by atoms with Gasteiger partial charge in [0.2, 0.25) is 0 Å². The first-order valence-corrected chi connectivity index (χ1v) is 7.53. The molecular weight excluding hydrogens is 322 g/mol. The van der Waals surface area contributed by atoms with Gasteiger partial charge in [0, 0.05) is 11.8 Å². The molecule has 1 aromatic carbocycles. The van der Waals surface area contributed by atoms with Gasteiger partial charge in [-0.15, -0.1) is 0 Å². The molecule has 4 rings (SSSR count). The Hall–Kier alpha value is -3.61. The van der Waals surface area contributed by atoms with E-state index in [1.165, 1.54) is 12.3 Å². The van der Waals surface area contributed by atoms with Crippen LogP contribution in [0.15, 0.2) is 59.5 Å². The normalized spacial score (nSPS) is 10.9. The number of imidazole rings is 1. The number of nitrogens with zero attached hydrogens (tertiary/aromatic N) is 2. The Balaban J connectivity index is 1.50. The number of aromatic carboxylic acids is 1. The van der Waals surface area contributed by atoms with E-state index in [4.69, 9.17) is 14.3 Å². The zero-order chi connectivity index (χ0) is 17.2. The van der Waals surface area contributed by atoms with Crippen LogP contribution in [-0.4, -0.2) is 26.0 Å². The van der Waals surface area contributed by atoms with Gasteiger partial charge in [0.05, 0.1) is 23.5 Å². The fraction of sp³-hybridized carbons (Fsp3) is 0.0556. The van der Waals surface area contributed by atoms with Crippen molar-refractivity contribution >= 4 is 17.0 Å². The molecule has 0 saturated carbocycles. The van der Waals surface area contributed by atoms with Crippen LogP contribution in [-0.2, 0) is 6.61 Å². The van der Waals surface area contributed by atoms with Crippen molar-refractivity contribution in [3.63, 3.8) is 0 Å². The highest BCUT2D eigenvalue weighted by Gasteiger charge is 2.13. The first-order valence-electron chi connectivity index (χ1n) is 7.53. The molecule has 0 bridgehead atoms. The van der Waals surface area contributed by atoms with Crippen molar-refractivity contribution in [3.05, 3.63) is 66.4 Å². The molecule has 0 aliphatic carbocycles. The molecule has 0 spiro atoms. The third kappa shape index (κ3) is 2.94. The highest BCUT2D eigenvalue weighted by molar-refractivity contribution is 5.88. The maximum atomic E-state index is 11.0. The lowest BCUT2D eigenvalue weighted by molar-refractivity contribution is 0.0692. The van der Waals surface area contributed by atoms with Gasteiger partial charge in [-0.25, -0.2) is 9.78 Å². The average Bonchev–Trinajstić information content (AvgIpc) is 3.27. The molecular formula is C18H13N3O4. The Morgan fingerprint density at radius 2 is 2.04 bits per heavy atom. The lowest BCUT2D eigenvalue weighted by Crippen LogP contribution is -2.02. The average molecular weight is 335 g/mol. The topological polar surface area (TPSA) is 101 Å². The lowest BCUT2D eigenvalue weighted by Gasteiger charge is -2.05. The van der Waals surface area contributed by atoms with E-state index >= 15 is 0 Å². The van der Waals surface area contributed by atoms with Crippen molar-refractivity contribution in [2.75, 3.05) is 0 Å². The Kier molecular flexibility index (Phi) is 3.66. The number of carboxylic acid groups (broad SMARTS) is 1. The minimum atomic E-state index is -1.04. The van der Waals surface area contributed by atoms with E-state index in [0.717, 1.165) is 22.4 Å². The van der Waals surface area contributed by atoms with Crippen LogP contribution >= 0.6 is 0 Å². The van der Waals surface area contributed by atoms with E-state index in [9.17, 15) is 4.79 Å². The smallest absolute Gasteiger partial charge is 0.339 e. The quantitative estimate of drug-likeness (QED) is 0.579. The van der Waals surface area contributed by atoms with E-state index in [1.54, 1.807) is 24.5 Å². The van der Waals surface area contributed by atoms with Crippen LogP contribution in [0.25, 0.3) is 22.4 Å². The predicted molar refractivity (Wildman–Crippen MR) is 89.3 cm³/mol. The van der Waals surface area contributed by atoms with E-state index in [2.05, 4.69) is 15.0 Å². The van der Waals surface area contributed by atoms with Crippen LogP contribution in [0.3, 0.4) is 0 Å². The minimum Gasteiger partial charge on any atom is -0.486 e. The molecule has 25 heavy (non-hydrogen) atoms. The van der Waals surface area contributed by atoms with Crippen molar-refractivity contribution in [3.8, 4) is 17.1 Å². The van der Waals surface area contributed by atoms with E-state index in [0.29, 0.717) is 5.75 Å².